The molecule has 0 spiro atoms. The van der Waals surface area contributed by atoms with Crippen LogP contribution in [0, 0.1) is 5.92 Å². The van der Waals surface area contributed by atoms with E-state index in [2.05, 4.69) is 60.4 Å². The third-order valence-corrected chi connectivity index (χ3v) is 12.8. The number of aliphatic hydroxyl groups is 3. The van der Waals surface area contributed by atoms with Crippen LogP contribution in [0.2, 0.25) is 0 Å². The number of phosphoric acid groups is 2. The van der Waals surface area contributed by atoms with Crippen molar-refractivity contribution in [3.8, 4) is 0 Å². The van der Waals surface area contributed by atoms with Gasteiger partial charge in [-0.25, -0.2) is 13.9 Å². The number of anilines is 1. The van der Waals surface area contributed by atoms with Gasteiger partial charge in [0.2, 0.25) is 0 Å². The van der Waals surface area contributed by atoms with Gasteiger partial charge in [-0.3, -0.25) is 23.2 Å². The van der Waals surface area contributed by atoms with Crippen LogP contribution in [0.15, 0.2) is 77.8 Å². The standard InChI is InChI=1S/C46H75N3O16P2/c1-4-5-6-7-8-9-10-11-12-13-17-20-23-27-37(50)28-25-30-42(52)63-38(33-60-41(51)29-24-21-18-15-14-16-19-22-26-36(2)3)34-61-66(56,57)65-67(58,59)62-35-39-43(53)44(54)45(64-39)49-32-31-40(47)48-46(49)55/h5-6,8-9,11-12,17,20,23,27,31-32,36-39,43-45,50,53-54H,4,7,10,13-16,18-19,21-22,24-26,28-30,33-35H2,1-3H3,(H,56,57)(H,58,59)(H2,47,48,55)/b6-5-,9-8-,12-11-,20-17-,27-23+/t37?,38-,39-,43-,44-,45-/m1/s1. The molecule has 0 aliphatic carbocycles. The lowest BCUT2D eigenvalue weighted by Crippen LogP contribution is -2.36. The number of nitrogens with zero attached hydrogens (tertiary/aromatic N) is 2. The van der Waals surface area contributed by atoms with Gasteiger partial charge in [0.15, 0.2) is 12.3 Å². The fraction of sp³-hybridized carbons (Fsp3) is 0.652. The summed E-state index contributed by atoms with van der Waals surface area (Å²) in [6.07, 6.45) is 25.2. The van der Waals surface area contributed by atoms with Crippen molar-refractivity contribution in [2.75, 3.05) is 25.6 Å². The van der Waals surface area contributed by atoms with Crippen LogP contribution in [0.25, 0.3) is 0 Å². The van der Waals surface area contributed by atoms with Gasteiger partial charge in [0, 0.05) is 19.0 Å². The first-order chi connectivity index (χ1) is 31.9. The minimum Gasteiger partial charge on any atom is -0.462 e. The number of aromatic nitrogens is 2. The number of hydrogen-bond acceptors (Lipinski definition) is 16. The summed E-state index contributed by atoms with van der Waals surface area (Å²) in [6, 6.07) is 1.23. The number of aliphatic hydroxyl groups excluding tert-OH is 3. The highest BCUT2D eigenvalue weighted by Crippen LogP contribution is 2.60. The minimum atomic E-state index is -5.47. The zero-order valence-electron chi connectivity index (χ0n) is 39.2. The molecule has 1 aliphatic rings. The molecular formula is C46H75N3O16P2. The van der Waals surface area contributed by atoms with E-state index in [1.807, 2.05) is 18.2 Å². The Morgan fingerprint density at radius 1 is 0.806 bits per heavy atom. The number of hydrogen-bond donors (Lipinski definition) is 6. The monoisotopic (exact) mass is 987 g/mol. The summed E-state index contributed by atoms with van der Waals surface area (Å²) in [4.78, 5) is 61.7. The molecule has 380 valence electrons. The van der Waals surface area contributed by atoms with Gasteiger partial charge >= 0.3 is 33.3 Å². The van der Waals surface area contributed by atoms with Crippen molar-refractivity contribution in [3.63, 3.8) is 0 Å². The maximum absolute atomic E-state index is 12.8. The van der Waals surface area contributed by atoms with Crippen molar-refractivity contribution in [2.24, 2.45) is 5.92 Å². The summed E-state index contributed by atoms with van der Waals surface area (Å²) in [5.74, 6) is -0.813. The van der Waals surface area contributed by atoms with Gasteiger partial charge in [-0.2, -0.15) is 9.29 Å². The van der Waals surface area contributed by atoms with Crippen molar-refractivity contribution in [3.05, 3.63) is 83.5 Å². The molecule has 0 bridgehead atoms. The first-order valence-electron chi connectivity index (χ1n) is 23.3. The number of allylic oxidation sites excluding steroid dienone is 9. The Bertz CT molecular complexity index is 1890. The van der Waals surface area contributed by atoms with E-state index < -0.39 is 89.8 Å². The van der Waals surface area contributed by atoms with Gasteiger partial charge in [-0.15, -0.1) is 0 Å². The van der Waals surface area contributed by atoms with Crippen LogP contribution in [0.4, 0.5) is 5.82 Å². The second kappa shape index (κ2) is 33.8. The van der Waals surface area contributed by atoms with Crippen molar-refractivity contribution in [1.29, 1.82) is 0 Å². The summed E-state index contributed by atoms with van der Waals surface area (Å²) >= 11 is 0. The van der Waals surface area contributed by atoms with E-state index in [-0.39, 0.29) is 31.5 Å². The van der Waals surface area contributed by atoms with E-state index in [1.165, 1.54) is 31.7 Å². The molecule has 1 aliphatic heterocycles. The molecule has 2 rings (SSSR count). The van der Waals surface area contributed by atoms with E-state index in [9.17, 15) is 48.6 Å². The zero-order chi connectivity index (χ0) is 49.5. The lowest BCUT2D eigenvalue weighted by atomic mass is 10.0. The number of rotatable bonds is 36. The number of esters is 2. The Morgan fingerprint density at radius 2 is 1.40 bits per heavy atom. The molecule has 1 aromatic rings. The van der Waals surface area contributed by atoms with Crippen molar-refractivity contribution >= 4 is 33.4 Å². The average molecular weight is 988 g/mol. The van der Waals surface area contributed by atoms with Crippen molar-refractivity contribution in [2.45, 2.75) is 167 Å². The van der Waals surface area contributed by atoms with Gasteiger partial charge in [-0.05, 0) is 56.9 Å². The number of ether oxygens (including phenoxy) is 3. The molecule has 0 saturated carbocycles. The lowest BCUT2D eigenvalue weighted by Gasteiger charge is -2.21. The van der Waals surface area contributed by atoms with Gasteiger partial charge in [0.25, 0.3) is 0 Å². The summed E-state index contributed by atoms with van der Waals surface area (Å²) in [7, 11) is -10.9. The molecule has 3 unspecified atom stereocenters. The Kier molecular flexibility index (Phi) is 30.1. The highest BCUT2D eigenvalue weighted by atomic mass is 31.3. The van der Waals surface area contributed by atoms with Crippen LogP contribution in [0.3, 0.4) is 0 Å². The summed E-state index contributed by atoms with van der Waals surface area (Å²) in [6.45, 7) is 4.06. The molecule has 0 amide bonds. The molecule has 1 aromatic heterocycles. The Labute approximate surface area is 395 Å². The number of nitrogen functional groups attached to an aromatic ring is 1. The normalized spacial score (nSPS) is 20.7. The van der Waals surface area contributed by atoms with Crippen LogP contribution >= 0.6 is 15.6 Å². The van der Waals surface area contributed by atoms with Crippen LogP contribution in [-0.4, -0.2) is 96.9 Å². The highest BCUT2D eigenvalue weighted by Gasteiger charge is 2.46. The summed E-state index contributed by atoms with van der Waals surface area (Å²) in [5, 5.41) is 31.2. The molecule has 2 heterocycles. The summed E-state index contributed by atoms with van der Waals surface area (Å²) in [5.41, 5.74) is 4.56. The molecule has 67 heavy (non-hydrogen) atoms. The average Bonchev–Trinajstić information content (AvgIpc) is 3.54. The second-order valence-corrected chi connectivity index (χ2v) is 19.6. The maximum Gasteiger partial charge on any atom is 0.481 e. The zero-order valence-corrected chi connectivity index (χ0v) is 41.0. The molecule has 1 saturated heterocycles. The van der Waals surface area contributed by atoms with Gasteiger partial charge < -0.3 is 45.1 Å². The largest absolute Gasteiger partial charge is 0.481 e. The first kappa shape index (κ1) is 59.5. The number of nitrogens with two attached hydrogens (primary N) is 1. The van der Waals surface area contributed by atoms with Crippen LogP contribution in [0.1, 0.15) is 136 Å². The van der Waals surface area contributed by atoms with Crippen molar-refractivity contribution in [1.82, 2.24) is 9.55 Å². The van der Waals surface area contributed by atoms with E-state index in [0.717, 1.165) is 62.1 Å². The maximum atomic E-state index is 12.8. The van der Waals surface area contributed by atoms with E-state index in [4.69, 9.17) is 29.0 Å². The van der Waals surface area contributed by atoms with Crippen LogP contribution in [-0.2, 0) is 46.3 Å². The smallest absolute Gasteiger partial charge is 0.462 e. The number of carbonyl (C=O) groups is 2. The van der Waals surface area contributed by atoms with E-state index in [1.54, 1.807) is 12.2 Å². The van der Waals surface area contributed by atoms with Gasteiger partial charge in [-0.1, -0.05) is 133 Å². The third kappa shape index (κ3) is 27.9. The number of phosphoric ester groups is 2. The molecule has 7 N–H and O–H groups in total. The van der Waals surface area contributed by atoms with Crippen molar-refractivity contribution < 1.29 is 71.4 Å². The fourth-order valence-electron chi connectivity index (χ4n) is 6.53. The highest BCUT2D eigenvalue weighted by molar-refractivity contribution is 7.61. The van der Waals surface area contributed by atoms with Gasteiger partial charge in [0.1, 0.15) is 30.7 Å². The molecule has 8 atom stereocenters. The quantitative estimate of drug-likeness (QED) is 0.0124. The molecular weight excluding hydrogens is 912 g/mol. The Hall–Kier alpha value is -3.58. The van der Waals surface area contributed by atoms with E-state index in [0.29, 0.717) is 12.3 Å². The fourth-order valence-corrected chi connectivity index (χ4v) is 8.64. The molecule has 0 radical (unpaired) electrons. The molecule has 0 aromatic carbocycles. The predicted molar refractivity (Wildman–Crippen MR) is 253 cm³/mol. The Balaban J connectivity index is 1.89. The van der Waals surface area contributed by atoms with Crippen LogP contribution < -0.4 is 11.4 Å². The number of unbranched alkanes of at least 4 members (excludes halogenated alkanes) is 7. The SMILES string of the molecule is CC/C=C\C/C=C\C/C=C\C/C=C\C=C\C(O)CCCC(=O)O[C@H](COC(=O)CCCCCCCCCCC(C)C)COP(=O)(O)OP(=O)(O)OC[C@H]1O[C@@H](n2ccc(N)nc2=O)[C@H](O)[C@@H]1O. The molecule has 1 fully saturated rings. The number of carbonyl (C=O) groups excluding carboxylic acids is 2. The first-order valence-corrected chi connectivity index (χ1v) is 26.3. The van der Waals surface area contributed by atoms with Gasteiger partial charge in [0.05, 0.1) is 19.3 Å². The van der Waals surface area contributed by atoms with E-state index >= 15 is 0 Å². The molecule has 21 heteroatoms. The lowest BCUT2D eigenvalue weighted by molar-refractivity contribution is -0.161. The Morgan fingerprint density at radius 3 is 2.04 bits per heavy atom. The second-order valence-electron chi connectivity index (χ2n) is 16.6. The summed E-state index contributed by atoms with van der Waals surface area (Å²) < 4.78 is 56.4. The predicted octanol–water partition coefficient (Wildman–Crippen LogP) is 7.60. The van der Waals surface area contributed by atoms with Crippen LogP contribution in [0.5, 0.6) is 0 Å². The topological polar surface area (TPSA) is 286 Å². The third-order valence-electron chi connectivity index (χ3n) is 10.1. The molecule has 19 nitrogen and oxygen atoms in total. The minimum absolute atomic E-state index is 0.0830.